The second-order valence-corrected chi connectivity index (χ2v) is 9.45. The highest BCUT2D eigenvalue weighted by molar-refractivity contribution is 5.80. The first-order valence-electron chi connectivity index (χ1n) is 12.1. The average molecular weight is 472 g/mol. The fraction of sp³-hybridized carbons (Fsp3) is 0.321. The van der Waals surface area contributed by atoms with Crippen molar-refractivity contribution in [2.45, 2.75) is 39.7 Å². The standard InChI is InChI=1S/C28H30FN5O/c1-18-4-5-23(16-19(18)2)25-17-26-27(30-12-15-34(26)32-25)33-13-10-22(11-14-33)28(35)31-20(3)21-6-8-24(29)9-7-21/h4-9,12,15-17,20,22H,10-11,13-14H2,1-3H3,(H,31,35)/t20-/m1/s1. The van der Waals surface area contributed by atoms with Crippen LogP contribution in [0.4, 0.5) is 10.2 Å². The number of hydrogen-bond acceptors (Lipinski definition) is 4. The molecule has 0 bridgehead atoms. The van der Waals surface area contributed by atoms with Crippen molar-refractivity contribution in [1.29, 1.82) is 0 Å². The maximum atomic E-state index is 13.2. The predicted molar refractivity (Wildman–Crippen MR) is 136 cm³/mol. The quantitative estimate of drug-likeness (QED) is 0.432. The van der Waals surface area contributed by atoms with Gasteiger partial charge in [0.2, 0.25) is 5.91 Å². The molecule has 0 saturated carbocycles. The van der Waals surface area contributed by atoms with Gasteiger partial charge in [0.15, 0.2) is 5.82 Å². The average Bonchev–Trinajstić information content (AvgIpc) is 3.31. The van der Waals surface area contributed by atoms with E-state index in [1.54, 1.807) is 18.3 Å². The van der Waals surface area contributed by atoms with E-state index in [4.69, 9.17) is 5.10 Å². The Kier molecular flexibility index (Phi) is 6.24. The number of nitrogens with zero attached hydrogens (tertiary/aromatic N) is 4. The molecule has 1 saturated heterocycles. The summed E-state index contributed by atoms with van der Waals surface area (Å²) in [4.78, 5) is 19.8. The second-order valence-electron chi connectivity index (χ2n) is 9.45. The molecule has 2 aromatic heterocycles. The highest BCUT2D eigenvalue weighted by Gasteiger charge is 2.27. The molecule has 5 rings (SSSR count). The first kappa shape index (κ1) is 23.0. The van der Waals surface area contributed by atoms with Crippen LogP contribution in [0.15, 0.2) is 60.9 Å². The topological polar surface area (TPSA) is 62.5 Å². The van der Waals surface area contributed by atoms with Crippen molar-refractivity contribution in [3.63, 3.8) is 0 Å². The van der Waals surface area contributed by atoms with E-state index in [1.165, 1.54) is 23.3 Å². The summed E-state index contributed by atoms with van der Waals surface area (Å²) in [5.41, 5.74) is 6.38. The van der Waals surface area contributed by atoms with Crippen molar-refractivity contribution in [3.8, 4) is 11.3 Å². The molecule has 4 aromatic rings. The third-order valence-corrected chi connectivity index (χ3v) is 7.07. The van der Waals surface area contributed by atoms with Crippen LogP contribution in [0.1, 0.15) is 42.5 Å². The number of fused-ring (bicyclic) bond motifs is 1. The molecule has 1 atom stereocenters. The van der Waals surface area contributed by atoms with Crippen LogP contribution in [0.3, 0.4) is 0 Å². The Morgan fingerprint density at radius 1 is 1.06 bits per heavy atom. The number of hydrogen-bond donors (Lipinski definition) is 1. The maximum Gasteiger partial charge on any atom is 0.223 e. The number of benzene rings is 2. The number of carbonyl (C=O) groups is 1. The lowest BCUT2D eigenvalue weighted by Gasteiger charge is -2.32. The molecule has 1 N–H and O–H groups in total. The molecule has 7 heteroatoms. The second kappa shape index (κ2) is 9.49. The predicted octanol–water partition coefficient (Wildman–Crippen LogP) is 5.25. The highest BCUT2D eigenvalue weighted by atomic mass is 19.1. The Balaban J connectivity index is 1.27. The number of carbonyl (C=O) groups excluding carboxylic acids is 1. The van der Waals surface area contributed by atoms with Crippen LogP contribution in [-0.4, -0.2) is 33.6 Å². The van der Waals surface area contributed by atoms with Crippen LogP contribution in [0.25, 0.3) is 16.8 Å². The van der Waals surface area contributed by atoms with Crippen LogP contribution < -0.4 is 10.2 Å². The summed E-state index contributed by atoms with van der Waals surface area (Å²) in [5, 5.41) is 7.87. The minimum absolute atomic E-state index is 0.0500. The number of halogens is 1. The molecule has 3 heterocycles. The van der Waals surface area contributed by atoms with Gasteiger partial charge < -0.3 is 10.2 Å². The molecule has 6 nitrogen and oxygen atoms in total. The lowest BCUT2D eigenvalue weighted by Crippen LogP contribution is -2.41. The van der Waals surface area contributed by atoms with Gasteiger partial charge >= 0.3 is 0 Å². The summed E-state index contributed by atoms with van der Waals surface area (Å²) >= 11 is 0. The van der Waals surface area contributed by atoms with Crippen molar-refractivity contribution >= 4 is 17.2 Å². The molecular formula is C28H30FN5O. The van der Waals surface area contributed by atoms with Crippen molar-refractivity contribution in [2.75, 3.05) is 18.0 Å². The fourth-order valence-corrected chi connectivity index (χ4v) is 4.71. The lowest BCUT2D eigenvalue weighted by atomic mass is 9.95. The molecule has 0 aliphatic carbocycles. The number of aryl methyl sites for hydroxylation is 2. The Morgan fingerprint density at radius 2 is 1.80 bits per heavy atom. The minimum atomic E-state index is -0.275. The van der Waals surface area contributed by atoms with Gasteiger partial charge in [-0.3, -0.25) is 4.79 Å². The molecule has 0 spiro atoms. The molecule has 1 aliphatic rings. The number of aromatic nitrogens is 3. The SMILES string of the molecule is Cc1ccc(-c2cc3c(N4CCC(C(=O)N[C@H](C)c5ccc(F)cc5)CC4)nccn3n2)cc1C. The van der Waals surface area contributed by atoms with Gasteiger partial charge in [-0.1, -0.05) is 24.3 Å². The number of anilines is 1. The summed E-state index contributed by atoms with van der Waals surface area (Å²) in [6, 6.07) is 14.6. The van der Waals surface area contributed by atoms with Crippen molar-refractivity contribution < 1.29 is 9.18 Å². The van der Waals surface area contributed by atoms with Gasteiger partial charge in [0.05, 0.1) is 11.7 Å². The van der Waals surface area contributed by atoms with Crippen molar-refractivity contribution in [2.24, 2.45) is 5.92 Å². The lowest BCUT2D eigenvalue weighted by molar-refractivity contribution is -0.126. The van der Waals surface area contributed by atoms with Gasteiger partial charge in [-0.15, -0.1) is 0 Å². The van der Waals surface area contributed by atoms with Crippen LogP contribution in [0, 0.1) is 25.6 Å². The number of amides is 1. The zero-order valence-electron chi connectivity index (χ0n) is 20.3. The largest absolute Gasteiger partial charge is 0.355 e. The molecule has 0 unspecified atom stereocenters. The molecular weight excluding hydrogens is 441 g/mol. The van der Waals surface area contributed by atoms with E-state index in [-0.39, 0.29) is 23.7 Å². The van der Waals surface area contributed by atoms with E-state index in [0.717, 1.165) is 54.1 Å². The highest BCUT2D eigenvalue weighted by Crippen LogP contribution is 2.29. The van der Waals surface area contributed by atoms with E-state index in [1.807, 2.05) is 17.6 Å². The van der Waals surface area contributed by atoms with Crippen molar-refractivity contribution in [1.82, 2.24) is 19.9 Å². The Labute approximate surface area is 204 Å². The number of nitrogens with one attached hydrogen (secondary N) is 1. The van der Waals surface area contributed by atoms with Crippen LogP contribution in [-0.2, 0) is 4.79 Å². The Hall–Kier alpha value is -3.74. The Bertz CT molecular complexity index is 1360. The Morgan fingerprint density at radius 3 is 2.51 bits per heavy atom. The summed E-state index contributed by atoms with van der Waals surface area (Å²) in [5.74, 6) is 0.620. The number of piperidine rings is 1. The minimum Gasteiger partial charge on any atom is -0.355 e. The van der Waals surface area contributed by atoms with Crippen LogP contribution in [0.2, 0.25) is 0 Å². The molecule has 0 radical (unpaired) electrons. The van der Waals surface area contributed by atoms with Crippen LogP contribution in [0.5, 0.6) is 0 Å². The molecule has 1 aliphatic heterocycles. The van der Waals surface area contributed by atoms with Gasteiger partial charge in [-0.25, -0.2) is 13.9 Å². The van der Waals surface area contributed by atoms with Gasteiger partial charge in [-0.2, -0.15) is 5.10 Å². The fourth-order valence-electron chi connectivity index (χ4n) is 4.71. The molecule has 180 valence electrons. The van der Waals surface area contributed by atoms with E-state index in [0.29, 0.717) is 0 Å². The van der Waals surface area contributed by atoms with Crippen LogP contribution >= 0.6 is 0 Å². The first-order valence-corrected chi connectivity index (χ1v) is 12.1. The van der Waals surface area contributed by atoms with Gasteiger partial charge in [0, 0.05) is 37.0 Å². The monoisotopic (exact) mass is 471 g/mol. The molecule has 1 amide bonds. The zero-order chi connectivity index (χ0) is 24.5. The van der Waals surface area contributed by atoms with E-state index < -0.39 is 0 Å². The zero-order valence-corrected chi connectivity index (χ0v) is 20.3. The van der Waals surface area contributed by atoms with Gasteiger partial charge in [0.25, 0.3) is 0 Å². The summed E-state index contributed by atoms with van der Waals surface area (Å²) in [7, 11) is 0. The smallest absolute Gasteiger partial charge is 0.223 e. The molecule has 2 aromatic carbocycles. The molecule has 35 heavy (non-hydrogen) atoms. The van der Waals surface area contributed by atoms with E-state index in [9.17, 15) is 9.18 Å². The van der Waals surface area contributed by atoms with Gasteiger partial charge in [0.1, 0.15) is 11.3 Å². The summed E-state index contributed by atoms with van der Waals surface area (Å²) < 4.78 is 15.1. The third kappa shape index (κ3) is 4.76. The third-order valence-electron chi connectivity index (χ3n) is 7.07. The van der Waals surface area contributed by atoms with E-state index >= 15 is 0 Å². The van der Waals surface area contributed by atoms with Gasteiger partial charge in [-0.05, 0) is 74.6 Å². The normalized spacial score (nSPS) is 15.4. The summed E-state index contributed by atoms with van der Waals surface area (Å²) in [6.45, 7) is 7.65. The number of rotatable bonds is 5. The maximum absolute atomic E-state index is 13.2. The summed E-state index contributed by atoms with van der Waals surface area (Å²) in [6.07, 6.45) is 5.16. The van der Waals surface area contributed by atoms with Crippen molar-refractivity contribution in [3.05, 3.63) is 83.4 Å². The van der Waals surface area contributed by atoms with E-state index in [2.05, 4.69) is 53.3 Å². The molecule has 1 fully saturated rings. The first-order chi connectivity index (χ1) is 16.9.